The first-order chi connectivity index (χ1) is 24.1. The molecule has 0 saturated carbocycles. The van der Waals surface area contributed by atoms with Crippen LogP contribution in [0.3, 0.4) is 0 Å². The van der Waals surface area contributed by atoms with Gasteiger partial charge in [0, 0.05) is 49.4 Å². The van der Waals surface area contributed by atoms with E-state index in [9.17, 15) is 18.5 Å². The lowest BCUT2D eigenvalue weighted by Crippen LogP contribution is -2.61. The van der Waals surface area contributed by atoms with Crippen molar-refractivity contribution in [2.24, 2.45) is 0 Å². The molecule has 1 unspecified atom stereocenters. The molecule has 264 valence electrons. The fourth-order valence-corrected chi connectivity index (χ4v) is 8.73. The second-order valence-electron chi connectivity index (χ2n) is 12.5. The molecule has 0 radical (unpaired) electrons. The van der Waals surface area contributed by atoms with E-state index in [1.54, 1.807) is 36.2 Å². The Morgan fingerprint density at radius 3 is 2.30 bits per heavy atom. The van der Waals surface area contributed by atoms with Gasteiger partial charge in [-0.2, -0.15) is 5.26 Å². The summed E-state index contributed by atoms with van der Waals surface area (Å²) < 4.78 is 55.6. The largest absolute Gasteiger partial charge is 0.497 e. The first kappa shape index (κ1) is 35.3. The van der Waals surface area contributed by atoms with Crippen molar-refractivity contribution in [2.75, 3.05) is 63.8 Å². The normalized spacial score (nSPS) is 20.7. The monoisotopic (exact) mass is 704 g/mol. The van der Waals surface area contributed by atoms with Gasteiger partial charge < -0.3 is 14.4 Å². The molecule has 14 heteroatoms. The summed E-state index contributed by atoms with van der Waals surface area (Å²) in [5.41, 5.74) is -0.346. The number of benzene rings is 3. The molecule has 3 heterocycles. The molecule has 2 fully saturated rings. The minimum absolute atomic E-state index is 0.0647. The van der Waals surface area contributed by atoms with Crippen LogP contribution in [0.1, 0.15) is 43.4 Å². The maximum absolute atomic E-state index is 15.4. The first-order valence-electron chi connectivity index (χ1n) is 16.8. The molecule has 50 heavy (non-hydrogen) atoms. The predicted molar refractivity (Wildman–Crippen MR) is 184 cm³/mol. The van der Waals surface area contributed by atoms with Crippen LogP contribution < -0.4 is 19.2 Å². The third kappa shape index (κ3) is 6.08. The Kier molecular flexibility index (Phi) is 10.1. The van der Waals surface area contributed by atoms with Crippen molar-refractivity contribution in [3.05, 3.63) is 83.2 Å². The molecular formula is C36H41FN6O6S. The van der Waals surface area contributed by atoms with Crippen molar-refractivity contribution in [1.82, 2.24) is 20.2 Å². The van der Waals surface area contributed by atoms with Crippen molar-refractivity contribution in [2.45, 2.75) is 43.0 Å². The van der Waals surface area contributed by atoms with E-state index in [0.29, 0.717) is 42.3 Å². The highest BCUT2D eigenvalue weighted by atomic mass is 32.2. The number of carbonyl (C=O) groups is 2. The number of sulfonamides is 1. The molecule has 1 N–H and O–H groups in total. The zero-order valence-corrected chi connectivity index (χ0v) is 29.2. The number of amides is 2. The average molecular weight is 705 g/mol. The van der Waals surface area contributed by atoms with Crippen LogP contribution in [0, 0.1) is 17.1 Å². The summed E-state index contributed by atoms with van der Waals surface area (Å²) in [6, 6.07) is 15.9. The van der Waals surface area contributed by atoms with Crippen LogP contribution in [-0.2, 0) is 25.0 Å². The van der Waals surface area contributed by atoms with E-state index in [4.69, 9.17) is 9.47 Å². The minimum Gasteiger partial charge on any atom is -0.497 e. The number of hydrogen-bond donors (Lipinski definition) is 1. The van der Waals surface area contributed by atoms with Gasteiger partial charge in [0.15, 0.2) is 5.41 Å². The van der Waals surface area contributed by atoms with E-state index in [1.165, 1.54) is 37.4 Å². The number of hydrazine groups is 1. The lowest BCUT2D eigenvalue weighted by atomic mass is 9.73. The number of fused-ring (bicyclic) bond motifs is 1. The number of likely N-dealkylation sites (tertiary alicyclic amines) is 1. The Morgan fingerprint density at radius 1 is 1.00 bits per heavy atom. The number of para-hydroxylation sites is 1. The highest BCUT2D eigenvalue weighted by Gasteiger charge is 2.62. The Hall–Kier alpha value is -4.55. The van der Waals surface area contributed by atoms with Crippen LogP contribution in [0.25, 0.3) is 0 Å². The molecule has 3 aliphatic heterocycles. The summed E-state index contributed by atoms with van der Waals surface area (Å²) in [4.78, 5) is 34.6. The zero-order chi connectivity index (χ0) is 35.6. The Morgan fingerprint density at radius 2 is 1.68 bits per heavy atom. The molecule has 6 rings (SSSR count). The van der Waals surface area contributed by atoms with E-state index in [-0.39, 0.29) is 34.1 Å². The molecular weight excluding hydrogens is 663 g/mol. The van der Waals surface area contributed by atoms with Gasteiger partial charge in [-0.25, -0.2) is 22.1 Å². The van der Waals surface area contributed by atoms with Crippen molar-refractivity contribution in [1.29, 1.82) is 5.26 Å². The molecule has 1 atom stereocenters. The molecule has 0 bridgehead atoms. The van der Waals surface area contributed by atoms with Gasteiger partial charge in [0.25, 0.3) is 21.8 Å². The van der Waals surface area contributed by atoms with E-state index >= 15 is 9.18 Å². The molecule has 0 aliphatic carbocycles. The number of hydrogen-bond acceptors (Lipinski definition) is 10. The lowest BCUT2D eigenvalue weighted by Gasteiger charge is -2.43. The topological polar surface area (TPSA) is 136 Å². The van der Waals surface area contributed by atoms with Crippen LogP contribution >= 0.6 is 0 Å². The number of halogens is 1. The van der Waals surface area contributed by atoms with E-state index in [2.05, 4.69) is 22.1 Å². The van der Waals surface area contributed by atoms with Gasteiger partial charge in [-0.15, -0.1) is 0 Å². The fourth-order valence-electron chi connectivity index (χ4n) is 7.27. The fraction of sp³-hybridized carbons (Fsp3) is 0.417. The van der Waals surface area contributed by atoms with Crippen LogP contribution in [0.2, 0.25) is 0 Å². The summed E-state index contributed by atoms with van der Waals surface area (Å²) in [5.74, 6) is -2.48. The number of nitrogens with one attached hydrogen (secondary N) is 1. The number of carbonyl (C=O) groups excluding carboxylic acids is 2. The maximum atomic E-state index is 15.4. The number of rotatable bonds is 10. The molecule has 3 aromatic carbocycles. The Labute approximate surface area is 292 Å². The molecule has 0 aromatic heterocycles. The predicted octanol–water partition coefficient (Wildman–Crippen LogP) is 3.26. The molecule has 3 aliphatic rings. The smallest absolute Gasteiger partial charge is 0.270 e. The third-order valence-electron chi connectivity index (χ3n) is 9.96. The molecule has 0 spiro atoms. The molecule has 2 saturated heterocycles. The van der Waals surface area contributed by atoms with E-state index in [0.717, 1.165) is 44.6 Å². The van der Waals surface area contributed by atoms with Crippen LogP contribution in [0.4, 0.5) is 10.1 Å². The van der Waals surface area contributed by atoms with Gasteiger partial charge in [-0.1, -0.05) is 25.1 Å². The van der Waals surface area contributed by atoms with Crippen molar-refractivity contribution >= 4 is 27.5 Å². The third-order valence-corrected chi connectivity index (χ3v) is 11.7. The quantitative estimate of drug-likeness (QED) is 0.314. The molecule has 12 nitrogen and oxygen atoms in total. The number of nitriles is 1. The van der Waals surface area contributed by atoms with E-state index < -0.39 is 38.6 Å². The maximum Gasteiger partial charge on any atom is 0.270 e. The van der Waals surface area contributed by atoms with Gasteiger partial charge in [-0.05, 0) is 75.8 Å². The number of anilines is 1. The molecule has 2 amide bonds. The van der Waals surface area contributed by atoms with Crippen molar-refractivity contribution < 1.29 is 31.9 Å². The SMILES string of the molecule is CCOc1ccccc1C1(C(=O)NN2CCN(C3CCN(CC)CC3)CC2)C(=O)N(S(=O)(=O)c2ccc(OC)cc2)c2cc(F)c(C#N)cc21. The highest BCUT2D eigenvalue weighted by molar-refractivity contribution is 7.93. The first-order valence-corrected chi connectivity index (χ1v) is 18.3. The van der Waals surface area contributed by atoms with Gasteiger partial charge in [0.2, 0.25) is 0 Å². The number of ether oxygens (including phenoxy) is 2. The number of piperazine rings is 1. The summed E-state index contributed by atoms with van der Waals surface area (Å²) in [5, 5.41) is 11.6. The van der Waals surface area contributed by atoms with Gasteiger partial charge in [-0.3, -0.25) is 19.9 Å². The van der Waals surface area contributed by atoms with Gasteiger partial charge >= 0.3 is 0 Å². The standard InChI is InChI=1S/C36H41FN6O6S/c1-4-40-16-14-26(15-17-40)41-18-20-42(21-19-41)39-34(44)36(29-8-6-7-9-33(29)49-5-2)30-22-25(24-38)31(37)23-32(30)43(35(36)45)50(46,47)28-12-10-27(48-3)11-13-28/h6-13,22-23,26H,4-5,14-21H2,1-3H3,(H,39,44). The van der Waals surface area contributed by atoms with Crippen molar-refractivity contribution in [3.63, 3.8) is 0 Å². The number of piperidine rings is 1. The average Bonchev–Trinajstić information content (AvgIpc) is 3.39. The Bertz CT molecular complexity index is 1900. The van der Waals surface area contributed by atoms with Crippen LogP contribution in [0.15, 0.2) is 65.6 Å². The van der Waals surface area contributed by atoms with Crippen molar-refractivity contribution in [3.8, 4) is 17.6 Å². The summed E-state index contributed by atoms with van der Waals surface area (Å²) in [6.45, 7) is 9.50. The van der Waals surface area contributed by atoms with Crippen LogP contribution in [-0.4, -0.2) is 101 Å². The minimum atomic E-state index is -4.72. The number of methoxy groups -OCH3 is 1. The second kappa shape index (κ2) is 14.4. The summed E-state index contributed by atoms with van der Waals surface area (Å²) >= 11 is 0. The summed E-state index contributed by atoms with van der Waals surface area (Å²) in [7, 11) is -3.30. The summed E-state index contributed by atoms with van der Waals surface area (Å²) in [6.07, 6.45) is 2.14. The van der Waals surface area contributed by atoms with Gasteiger partial charge in [0.05, 0.1) is 29.9 Å². The second-order valence-corrected chi connectivity index (χ2v) is 14.3. The van der Waals surface area contributed by atoms with Crippen LogP contribution in [0.5, 0.6) is 11.5 Å². The Balaban J connectivity index is 1.43. The lowest BCUT2D eigenvalue weighted by molar-refractivity contribution is -0.137. The zero-order valence-electron chi connectivity index (χ0n) is 28.4. The highest BCUT2D eigenvalue weighted by Crippen LogP contribution is 2.51. The van der Waals surface area contributed by atoms with Gasteiger partial charge in [0.1, 0.15) is 23.4 Å². The molecule has 3 aromatic rings. The number of nitrogens with zero attached hydrogens (tertiary/aromatic N) is 5. The van der Waals surface area contributed by atoms with E-state index in [1.807, 2.05) is 0 Å².